The SMILES string of the molecule is CCOc1cc(-c2ccccc2)sc1C(=O)Nc1nncs1. The van der Waals surface area contributed by atoms with Crippen LogP contribution in [0.2, 0.25) is 0 Å². The minimum absolute atomic E-state index is 0.229. The number of nitrogens with one attached hydrogen (secondary N) is 1. The van der Waals surface area contributed by atoms with E-state index in [0.29, 0.717) is 22.4 Å². The molecule has 2 aromatic heterocycles. The van der Waals surface area contributed by atoms with Crippen LogP contribution in [-0.4, -0.2) is 22.7 Å². The van der Waals surface area contributed by atoms with E-state index in [-0.39, 0.29) is 5.91 Å². The highest BCUT2D eigenvalue weighted by atomic mass is 32.1. The molecule has 3 rings (SSSR count). The van der Waals surface area contributed by atoms with Crippen molar-refractivity contribution in [2.24, 2.45) is 0 Å². The molecule has 0 atom stereocenters. The lowest BCUT2D eigenvalue weighted by Crippen LogP contribution is -2.11. The number of carbonyl (C=O) groups excluding carboxylic acids is 1. The van der Waals surface area contributed by atoms with Gasteiger partial charge in [0.1, 0.15) is 16.1 Å². The van der Waals surface area contributed by atoms with Gasteiger partial charge in [-0.2, -0.15) is 0 Å². The molecule has 0 saturated carbocycles. The number of nitrogens with zero attached hydrogens (tertiary/aromatic N) is 2. The summed E-state index contributed by atoms with van der Waals surface area (Å²) in [7, 11) is 0. The van der Waals surface area contributed by atoms with Gasteiger partial charge >= 0.3 is 0 Å². The van der Waals surface area contributed by atoms with E-state index < -0.39 is 0 Å². The molecule has 0 bridgehead atoms. The lowest BCUT2D eigenvalue weighted by Gasteiger charge is -2.03. The average Bonchev–Trinajstić information content (AvgIpc) is 3.18. The number of hydrogen-bond donors (Lipinski definition) is 1. The molecule has 0 saturated heterocycles. The van der Waals surface area contributed by atoms with Crippen molar-refractivity contribution < 1.29 is 9.53 Å². The van der Waals surface area contributed by atoms with Crippen LogP contribution < -0.4 is 10.1 Å². The highest BCUT2D eigenvalue weighted by molar-refractivity contribution is 7.18. The lowest BCUT2D eigenvalue weighted by atomic mass is 10.2. The van der Waals surface area contributed by atoms with Crippen LogP contribution in [0.15, 0.2) is 41.9 Å². The molecule has 3 aromatic rings. The maximum absolute atomic E-state index is 12.4. The van der Waals surface area contributed by atoms with Crippen LogP contribution in [0.5, 0.6) is 5.75 Å². The zero-order valence-corrected chi connectivity index (χ0v) is 13.4. The number of aromatic nitrogens is 2. The van der Waals surface area contributed by atoms with Crippen LogP contribution in [0.25, 0.3) is 10.4 Å². The molecule has 0 radical (unpaired) electrons. The van der Waals surface area contributed by atoms with Crippen molar-refractivity contribution >= 4 is 33.7 Å². The number of rotatable bonds is 5. The van der Waals surface area contributed by atoms with Crippen molar-refractivity contribution in [3.05, 3.63) is 46.8 Å². The topological polar surface area (TPSA) is 64.1 Å². The summed E-state index contributed by atoms with van der Waals surface area (Å²) in [6.07, 6.45) is 0. The third-order valence-corrected chi connectivity index (χ3v) is 4.61. The number of amides is 1. The summed E-state index contributed by atoms with van der Waals surface area (Å²) in [5, 5.41) is 10.7. The fourth-order valence-electron chi connectivity index (χ4n) is 1.92. The van der Waals surface area contributed by atoms with Gasteiger partial charge < -0.3 is 4.74 Å². The first-order chi connectivity index (χ1) is 10.8. The normalized spacial score (nSPS) is 10.4. The zero-order chi connectivity index (χ0) is 15.4. The fraction of sp³-hybridized carbons (Fsp3) is 0.133. The quantitative estimate of drug-likeness (QED) is 0.769. The third kappa shape index (κ3) is 3.15. The molecule has 7 heteroatoms. The Hall–Kier alpha value is -2.25. The Labute approximate surface area is 135 Å². The highest BCUT2D eigenvalue weighted by Crippen LogP contribution is 2.36. The van der Waals surface area contributed by atoms with E-state index in [0.717, 1.165) is 10.4 Å². The number of carbonyl (C=O) groups is 1. The van der Waals surface area contributed by atoms with Crippen LogP contribution in [0.4, 0.5) is 5.13 Å². The molecular weight excluding hydrogens is 318 g/mol. The summed E-state index contributed by atoms with van der Waals surface area (Å²) < 4.78 is 5.60. The second kappa shape index (κ2) is 6.67. The first kappa shape index (κ1) is 14.7. The third-order valence-electron chi connectivity index (χ3n) is 2.84. The van der Waals surface area contributed by atoms with Gasteiger partial charge in [0, 0.05) is 4.88 Å². The molecule has 112 valence electrons. The van der Waals surface area contributed by atoms with E-state index in [1.54, 1.807) is 5.51 Å². The number of anilines is 1. The van der Waals surface area contributed by atoms with Gasteiger partial charge in [-0.05, 0) is 18.6 Å². The summed E-state index contributed by atoms with van der Waals surface area (Å²) in [6, 6.07) is 11.8. The summed E-state index contributed by atoms with van der Waals surface area (Å²) in [5.41, 5.74) is 2.63. The molecule has 5 nitrogen and oxygen atoms in total. The van der Waals surface area contributed by atoms with Crippen molar-refractivity contribution in [3.8, 4) is 16.2 Å². The van der Waals surface area contributed by atoms with Crippen LogP contribution in [0.3, 0.4) is 0 Å². The largest absolute Gasteiger partial charge is 0.492 e. The Morgan fingerprint density at radius 1 is 1.32 bits per heavy atom. The van der Waals surface area contributed by atoms with Crippen LogP contribution in [0.1, 0.15) is 16.6 Å². The molecule has 1 aromatic carbocycles. The van der Waals surface area contributed by atoms with Gasteiger partial charge in [0.2, 0.25) is 5.13 Å². The van der Waals surface area contributed by atoms with Crippen molar-refractivity contribution in [2.75, 3.05) is 11.9 Å². The van der Waals surface area contributed by atoms with Crippen molar-refractivity contribution in [3.63, 3.8) is 0 Å². The highest BCUT2D eigenvalue weighted by Gasteiger charge is 2.19. The van der Waals surface area contributed by atoms with Crippen molar-refractivity contribution in [2.45, 2.75) is 6.92 Å². The van der Waals surface area contributed by atoms with E-state index in [4.69, 9.17) is 4.74 Å². The Bertz CT molecular complexity index is 754. The summed E-state index contributed by atoms with van der Waals surface area (Å²) in [4.78, 5) is 13.9. The van der Waals surface area contributed by atoms with Gasteiger partial charge in [-0.3, -0.25) is 10.1 Å². The number of thiophene rings is 1. The van der Waals surface area contributed by atoms with Gasteiger partial charge in [-0.1, -0.05) is 41.7 Å². The molecule has 0 aliphatic carbocycles. The Balaban J connectivity index is 1.92. The number of hydrogen-bond acceptors (Lipinski definition) is 6. The first-order valence-corrected chi connectivity index (χ1v) is 8.37. The second-order valence-electron chi connectivity index (χ2n) is 4.30. The summed E-state index contributed by atoms with van der Waals surface area (Å²) in [6.45, 7) is 2.40. The Morgan fingerprint density at radius 3 is 2.82 bits per heavy atom. The van der Waals surface area contributed by atoms with E-state index >= 15 is 0 Å². The molecule has 0 aliphatic rings. The maximum Gasteiger partial charge on any atom is 0.271 e. The minimum atomic E-state index is -0.229. The molecule has 0 unspecified atom stereocenters. The molecule has 0 aliphatic heterocycles. The van der Waals surface area contributed by atoms with Gasteiger partial charge in [0.25, 0.3) is 5.91 Å². The predicted molar refractivity (Wildman–Crippen MR) is 88.8 cm³/mol. The molecule has 0 spiro atoms. The van der Waals surface area contributed by atoms with Crippen molar-refractivity contribution in [1.82, 2.24) is 10.2 Å². The number of benzene rings is 1. The monoisotopic (exact) mass is 331 g/mol. The van der Waals surface area contributed by atoms with Gasteiger partial charge in [0.15, 0.2) is 0 Å². The van der Waals surface area contributed by atoms with Gasteiger partial charge in [0.05, 0.1) is 6.61 Å². The minimum Gasteiger partial charge on any atom is -0.492 e. The Kier molecular flexibility index (Phi) is 4.45. The zero-order valence-electron chi connectivity index (χ0n) is 11.8. The fourth-order valence-corrected chi connectivity index (χ4v) is 3.36. The molecule has 2 heterocycles. The van der Waals surface area contributed by atoms with E-state index in [1.807, 2.05) is 43.3 Å². The Morgan fingerprint density at radius 2 is 2.14 bits per heavy atom. The standard InChI is InChI=1S/C15H13N3O2S2/c1-2-20-11-8-12(10-6-4-3-5-7-10)22-13(11)14(19)17-15-18-16-9-21-15/h3-9H,2H2,1H3,(H,17,18,19). The molecule has 1 N–H and O–H groups in total. The summed E-state index contributed by atoms with van der Waals surface area (Å²) in [5.74, 6) is 0.362. The summed E-state index contributed by atoms with van der Waals surface area (Å²) >= 11 is 2.68. The van der Waals surface area contributed by atoms with Crippen LogP contribution in [0, 0.1) is 0 Å². The molecule has 0 fully saturated rings. The van der Waals surface area contributed by atoms with Crippen LogP contribution in [-0.2, 0) is 0 Å². The maximum atomic E-state index is 12.4. The number of ether oxygens (including phenoxy) is 1. The second-order valence-corrected chi connectivity index (χ2v) is 6.19. The lowest BCUT2D eigenvalue weighted by molar-refractivity contribution is 0.102. The predicted octanol–water partition coefficient (Wildman–Crippen LogP) is 3.92. The van der Waals surface area contributed by atoms with Crippen molar-refractivity contribution in [1.29, 1.82) is 0 Å². The van der Waals surface area contributed by atoms with E-state index in [1.165, 1.54) is 22.7 Å². The van der Waals surface area contributed by atoms with Crippen LogP contribution >= 0.6 is 22.7 Å². The molecule has 1 amide bonds. The first-order valence-electron chi connectivity index (χ1n) is 6.67. The van der Waals surface area contributed by atoms with Gasteiger partial charge in [-0.15, -0.1) is 21.5 Å². The molecular formula is C15H13N3O2S2. The molecule has 22 heavy (non-hydrogen) atoms. The average molecular weight is 331 g/mol. The smallest absolute Gasteiger partial charge is 0.271 e. The van der Waals surface area contributed by atoms with Gasteiger partial charge in [-0.25, -0.2) is 0 Å². The van der Waals surface area contributed by atoms with E-state index in [2.05, 4.69) is 15.5 Å². The van der Waals surface area contributed by atoms with E-state index in [9.17, 15) is 4.79 Å².